The second-order valence-electron chi connectivity index (χ2n) is 3.52. The standard InChI is InChI=1S/C12H14ClNO3/c1-3-12(16)17-7-11(15)14-10-6-9(13)5-4-8(10)2/h4-6H,3,7H2,1-2H3,(H,14,15). The molecule has 1 N–H and O–H groups in total. The number of anilines is 1. The summed E-state index contributed by atoms with van der Waals surface area (Å²) in [5.41, 5.74) is 1.51. The van der Waals surface area contributed by atoms with Gasteiger partial charge in [0.2, 0.25) is 0 Å². The maximum Gasteiger partial charge on any atom is 0.306 e. The molecule has 0 spiro atoms. The Balaban J connectivity index is 2.56. The van der Waals surface area contributed by atoms with Crippen LogP contribution in [0.3, 0.4) is 0 Å². The van der Waals surface area contributed by atoms with Crippen molar-refractivity contribution in [3.05, 3.63) is 28.8 Å². The molecule has 0 aliphatic heterocycles. The van der Waals surface area contributed by atoms with Crippen LogP contribution in [0, 0.1) is 6.92 Å². The monoisotopic (exact) mass is 255 g/mol. The van der Waals surface area contributed by atoms with Gasteiger partial charge in [-0.2, -0.15) is 0 Å². The van der Waals surface area contributed by atoms with Crippen LogP contribution in [-0.4, -0.2) is 18.5 Å². The van der Waals surface area contributed by atoms with Gasteiger partial charge in [-0.15, -0.1) is 0 Å². The molecule has 0 bridgehead atoms. The number of esters is 1. The van der Waals surface area contributed by atoms with Crippen molar-refractivity contribution >= 4 is 29.2 Å². The Kier molecular flexibility index (Phi) is 4.97. The van der Waals surface area contributed by atoms with Crippen LogP contribution in [0.15, 0.2) is 18.2 Å². The number of carbonyl (C=O) groups excluding carboxylic acids is 2. The van der Waals surface area contributed by atoms with E-state index in [1.807, 2.05) is 6.92 Å². The minimum absolute atomic E-state index is 0.253. The second-order valence-corrected chi connectivity index (χ2v) is 3.96. The van der Waals surface area contributed by atoms with Gasteiger partial charge in [-0.25, -0.2) is 0 Å². The Morgan fingerprint density at radius 1 is 1.41 bits per heavy atom. The molecule has 1 aromatic carbocycles. The Morgan fingerprint density at radius 2 is 2.12 bits per heavy atom. The molecule has 0 aliphatic rings. The topological polar surface area (TPSA) is 55.4 Å². The van der Waals surface area contributed by atoms with Crippen LogP contribution in [0.4, 0.5) is 5.69 Å². The molecular weight excluding hydrogens is 242 g/mol. The number of hydrogen-bond acceptors (Lipinski definition) is 3. The van der Waals surface area contributed by atoms with Crippen molar-refractivity contribution in [3.63, 3.8) is 0 Å². The zero-order chi connectivity index (χ0) is 12.8. The molecular formula is C12H14ClNO3. The van der Waals surface area contributed by atoms with Gasteiger partial charge in [0.25, 0.3) is 5.91 Å². The summed E-state index contributed by atoms with van der Waals surface area (Å²) in [5, 5.41) is 3.17. The molecule has 5 heteroatoms. The average Bonchev–Trinajstić information content (AvgIpc) is 2.30. The van der Waals surface area contributed by atoms with Crippen LogP contribution >= 0.6 is 11.6 Å². The molecule has 0 aromatic heterocycles. The lowest BCUT2D eigenvalue weighted by atomic mass is 10.2. The van der Waals surface area contributed by atoms with Gasteiger partial charge in [-0.05, 0) is 24.6 Å². The molecule has 0 saturated carbocycles. The molecule has 0 radical (unpaired) electrons. The Labute approximate surface area is 105 Å². The largest absolute Gasteiger partial charge is 0.456 e. The fourth-order valence-electron chi connectivity index (χ4n) is 1.16. The minimum atomic E-state index is -0.400. The van der Waals surface area contributed by atoms with Crippen molar-refractivity contribution in [2.24, 2.45) is 0 Å². The van der Waals surface area contributed by atoms with E-state index in [2.05, 4.69) is 5.32 Å². The van der Waals surface area contributed by atoms with E-state index in [9.17, 15) is 9.59 Å². The summed E-state index contributed by atoms with van der Waals surface area (Å²) < 4.78 is 4.71. The maximum atomic E-state index is 11.5. The fraction of sp³-hybridized carbons (Fsp3) is 0.333. The van der Waals surface area contributed by atoms with Gasteiger partial charge in [-0.3, -0.25) is 9.59 Å². The molecule has 1 rings (SSSR count). The summed E-state index contributed by atoms with van der Waals surface area (Å²) in [6.45, 7) is 3.24. The first-order chi connectivity index (χ1) is 8.02. The SMILES string of the molecule is CCC(=O)OCC(=O)Nc1cc(Cl)ccc1C. The Morgan fingerprint density at radius 3 is 2.76 bits per heavy atom. The predicted molar refractivity (Wildman–Crippen MR) is 66.1 cm³/mol. The highest BCUT2D eigenvalue weighted by Crippen LogP contribution is 2.19. The summed E-state index contributed by atoms with van der Waals surface area (Å²) >= 11 is 5.81. The minimum Gasteiger partial charge on any atom is -0.456 e. The third-order valence-corrected chi connectivity index (χ3v) is 2.36. The van der Waals surface area contributed by atoms with Crippen LogP contribution in [0.1, 0.15) is 18.9 Å². The van der Waals surface area contributed by atoms with Crippen LogP contribution < -0.4 is 5.32 Å². The maximum absolute atomic E-state index is 11.5. The number of nitrogens with one attached hydrogen (secondary N) is 1. The second kappa shape index (κ2) is 6.25. The summed E-state index contributed by atoms with van der Waals surface area (Å²) in [4.78, 5) is 22.3. The van der Waals surface area contributed by atoms with Crippen molar-refractivity contribution in [1.82, 2.24) is 0 Å². The van der Waals surface area contributed by atoms with Gasteiger partial charge in [0.15, 0.2) is 6.61 Å². The van der Waals surface area contributed by atoms with Gasteiger partial charge in [0, 0.05) is 17.1 Å². The van der Waals surface area contributed by atoms with E-state index in [1.165, 1.54) is 0 Å². The number of benzene rings is 1. The Bertz CT molecular complexity index is 432. The zero-order valence-corrected chi connectivity index (χ0v) is 10.5. The fourth-order valence-corrected chi connectivity index (χ4v) is 1.34. The molecule has 0 heterocycles. The Hall–Kier alpha value is -1.55. The van der Waals surface area contributed by atoms with Crippen LogP contribution in [0.25, 0.3) is 0 Å². The molecule has 1 aromatic rings. The third kappa shape index (κ3) is 4.44. The smallest absolute Gasteiger partial charge is 0.306 e. The number of aryl methyl sites for hydroxylation is 1. The van der Waals surface area contributed by atoms with Crippen LogP contribution in [0.5, 0.6) is 0 Å². The van der Waals surface area contributed by atoms with E-state index in [0.29, 0.717) is 10.7 Å². The predicted octanol–water partition coefficient (Wildman–Crippen LogP) is 2.54. The van der Waals surface area contributed by atoms with Crippen LogP contribution in [-0.2, 0) is 14.3 Å². The van der Waals surface area contributed by atoms with Crippen molar-refractivity contribution in [3.8, 4) is 0 Å². The lowest BCUT2D eigenvalue weighted by Gasteiger charge is -2.08. The number of amides is 1. The van der Waals surface area contributed by atoms with Gasteiger partial charge < -0.3 is 10.1 Å². The molecule has 0 atom stereocenters. The van der Waals surface area contributed by atoms with E-state index < -0.39 is 5.97 Å². The molecule has 17 heavy (non-hydrogen) atoms. The highest BCUT2D eigenvalue weighted by Gasteiger charge is 2.07. The molecule has 0 aliphatic carbocycles. The highest BCUT2D eigenvalue weighted by molar-refractivity contribution is 6.31. The van der Waals surface area contributed by atoms with Gasteiger partial charge >= 0.3 is 5.97 Å². The van der Waals surface area contributed by atoms with Crippen molar-refractivity contribution < 1.29 is 14.3 Å². The molecule has 92 valence electrons. The first-order valence-corrected chi connectivity index (χ1v) is 5.62. The van der Waals surface area contributed by atoms with Crippen LogP contribution in [0.2, 0.25) is 5.02 Å². The van der Waals surface area contributed by atoms with Gasteiger partial charge in [0.1, 0.15) is 0 Å². The molecule has 0 unspecified atom stereocenters. The lowest BCUT2D eigenvalue weighted by molar-refractivity contribution is -0.146. The summed E-state index contributed by atoms with van der Waals surface area (Å²) in [7, 11) is 0. The third-order valence-electron chi connectivity index (χ3n) is 2.13. The lowest BCUT2D eigenvalue weighted by Crippen LogP contribution is -2.20. The molecule has 1 amide bonds. The van der Waals surface area contributed by atoms with E-state index in [4.69, 9.17) is 16.3 Å². The summed E-state index contributed by atoms with van der Waals surface area (Å²) in [6, 6.07) is 5.19. The number of halogens is 1. The molecule has 4 nitrogen and oxygen atoms in total. The van der Waals surface area contributed by atoms with E-state index >= 15 is 0 Å². The van der Waals surface area contributed by atoms with Gasteiger partial charge in [0.05, 0.1) is 0 Å². The average molecular weight is 256 g/mol. The number of carbonyl (C=O) groups is 2. The number of ether oxygens (including phenoxy) is 1. The van der Waals surface area contributed by atoms with Gasteiger partial charge in [-0.1, -0.05) is 24.6 Å². The molecule has 0 saturated heterocycles. The van der Waals surface area contributed by atoms with E-state index in [0.717, 1.165) is 5.56 Å². The summed E-state index contributed by atoms with van der Waals surface area (Å²) in [5.74, 6) is -0.778. The number of rotatable bonds is 4. The molecule has 0 fully saturated rings. The van der Waals surface area contributed by atoms with E-state index in [-0.39, 0.29) is 18.9 Å². The first kappa shape index (κ1) is 13.5. The number of hydrogen-bond donors (Lipinski definition) is 1. The normalized spacial score (nSPS) is 9.82. The van der Waals surface area contributed by atoms with Crippen molar-refractivity contribution in [1.29, 1.82) is 0 Å². The first-order valence-electron chi connectivity index (χ1n) is 5.24. The van der Waals surface area contributed by atoms with Crippen molar-refractivity contribution in [2.75, 3.05) is 11.9 Å². The van der Waals surface area contributed by atoms with E-state index in [1.54, 1.807) is 25.1 Å². The highest BCUT2D eigenvalue weighted by atomic mass is 35.5. The van der Waals surface area contributed by atoms with Crippen molar-refractivity contribution in [2.45, 2.75) is 20.3 Å². The summed E-state index contributed by atoms with van der Waals surface area (Å²) in [6.07, 6.45) is 0.253. The zero-order valence-electron chi connectivity index (χ0n) is 9.75. The quantitative estimate of drug-likeness (QED) is 0.842.